The second kappa shape index (κ2) is 13.1. The highest BCUT2D eigenvalue weighted by atomic mass is 35.5. The van der Waals surface area contributed by atoms with Gasteiger partial charge in [0.05, 0.1) is 11.1 Å². The molecule has 0 bridgehead atoms. The number of nitrogens with zero attached hydrogens (tertiary/aromatic N) is 4. The standard InChI is InChI=1S/C31H35ClF6N4O3/c1-18-13-21(5-6-26(18)32)25-17-42(28(44)20-7-10-41(11-8-20)19(2)43)12-9-27(25)40(4)29(45)39(3)24-15-22(30(33,34)35)14-23(16-24)31(36,37)38/h5-6,13-16,20,25,27H,7-12,17H2,1-4H3/t25-,27+/m0/s1. The van der Waals surface area contributed by atoms with Crippen molar-refractivity contribution in [1.29, 1.82) is 0 Å². The van der Waals surface area contributed by atoms with E-state index in [1.807, 2.05) is 13.0 Å². The fraction of sp³-hybridized carbons (Fsp3) is 0.516. The Hall–Kier alpha value is -3.48. The Bertz CT molecular complexity index is 1410. The molecule has 0 unspecified atom stereocenters. The van der Waals surface area contributed by atoms with Crippen molar-refractivity contribution >= 4 is 35.1 Å². The normalized spacial score (nSPS) is 19.8. The first-order chi connectivity index (χ1) is 20.9. The number of benzene rings is 2. The van der Waals surface area contributed by atoms with Crippen molar-refractivity contribution in [3.8, 4) is 0 Å². The predicted octanol–water partition coefficient (Wildman–Crippen LogP) is 6.82. The van der Waals surface area contributed by atoms with Crippen LogP contribution in [0.15, 0.2) is 36.4 Å². The van der Waals surface area contributed by atoms with Gasteiger partial charge >= 0.3 is 18.4 Å². The summed E-state index contributed by atoms with van der Waals surface area (Å²) >= 11 is 6.26. The third-order valence-electron chi connectivity index (χ3n) is 8.83. The van der Waals surface area contributed by atoms with Gasteiger partial charge in [0.2, 0.25) is 11.8 Å². The van der Waals surface area contributed by atoms with E-state index in [2.05, 4.69) is 0 Å². The van der Waals surface area contributed by atoms with Crippen molar-refractivity contribution in [3.05, 3.63) is 63.7 Å². The van der Waals surface area contributed by atoms with Crippen LogP contribution in [0.2, 0.25) is 5.02 Å². The Morgan fingerprint density at radius 1 is 0.844 bits per heavy atom. The molecule has 2 aromatic carbocycles. The summed E-state index contributed by atoms with van der Waals surface area (Å²) < 4.78 is 81.0. The molecular formula is C31H35ClF6N4O3. The molecule has 7 nitrogen and oxygen atoms in total. The van der Waals surface area contributed by atoms with Gasteiger partial charge in [-0.05, 0) is 61.6 Å². The first-order valence-corrected chi connectivity index (χ1v) is 14.9. The maximum absolute atomic E-state index is 13.7. The summed E-state index contributed by atoms with van der Waals surface area (Å²) in [4.78, 5) is 44.5. The molecule has 0 spiro atoms. The Morgan fingerprint density at radius 3 is 1.91 bits per heavy atom. The predicted molar refractivity (Wildman–Crippen MR) is 157 cm³/mol. The van der Waals surface area contributed by atoms with E-state index in [0.717, 1.165) is 23.1 Å². The van der Waals surface area contributed by atoms with E-state index in [0.29, 0.717) is 56.1 Å². The minimum Gasteiger partial charge on any atom is -0.343 e. The van der Waals surface area contributed by atoms with Gasteiger partial charge in [-0.1, -0.05) is 23.7 Å². The minimum absolute atomic E-state index is 0.0150. The molecule has 2 saturated heterocycles. The first kappa shape index (κ1) is 34.4. The molecule has 0 saturated carbocycles. The Morgan fingerprint density at radius 2 is 1.40 bits per heavy atom. The van der Waals surface area contributed by atoms with Crippen molar-refractivity contribution in [3.63, 3.8) is 0 Å². The van der Waals surface area contributed by atoms with Gasteiger partial charge in [-0.3, -0.25) is 14.5 Å². The second-order valence-electron chi connectivity index (χ2n) is 11.8. The minimum atomic E-state index is -5.06. The molecule has 2 atom stereocenters. The van der Waals surface area contributed by atoms with Crippen LogP contribution in [-0.4, -0.2) is 78.9 Å². The lowest BCUT2D eigenvalue weighted by molar-refractivity contribution is -0.143. The van der Waals surface area contributed by atoms with Crippen LogP contribution in [0.3, 0.4) is 0 Å². The largest absolute Gasteiger partial charge is 0.416 e. The van der Waals surface area contributed by atoms with E-state index in [9.17, 15) is 40.7 Å². The average Bonchev–Trinajstić information content (AvgIpc) is 2.99. The highest BCUT2D eigenvalue weighted by Gasteiger charge is 2.41. The molecular weight excluding hydrogens is 626 g/mol. The zero-order valence-corrected chi connectivity index (χ0v) is 26.1. The number of amides is 4. The molecule has 0 N–H and O–H groups in total. The van der Waals surface area contributed by atoms with Crippen LogP contribution in [0.5, 0.6) is 0 Å². The van der Waals surface area contributed by atoms with E-state index in [-0.39, 0.29) is 30.3 Å². The highest BCUT2D eigenvalue weighted by Crippen LogP contribution is 2.39. The Labute approximate surface area is 262 Å². The monoisotopic (exact) mass is 660 g/mol. The van der Waals surface area contributed by atoms with Gasteiger partial charge in [-0.2, -0.15) is 26.3 Å². The van der Waals surface area contributed by atoms with Gasteiger partial charge in [0.25, 0.3) is 0 Å². The molecule has 4 amide bonds. The number of hydrogen-bond donors (Lipinski definition) is 0. The molecule has 2 fully saturated rings. The van der Waals surface area contributed by atoms with Crippen LogP contribution in [0, 0.1) is 12.8 Å². The number of anilines is 1. The SMILES string of the molecule is CC(=O)N1CCC(C(=O)N2CC[C@@H](N(C)C(=O)N(C)c3cc(C(F)(F)F)cc(C(F)(F)F)c3)[C@H](c3ccc(Cl)c(C)c3)C2)CC1. The Balaban J connectivity index is 1.61. The number of aryl methyl sites for hydroxylation is 1. The van der Waals surface area contributed by atoms with Crippen LogP contribution in [0.1, 0.15) is 54.4 Å². The first-order valence-electron chi connectivity index (χ1n) is 14.5. The quantitative estimate of drug-likeness (QED) is 0.339. The van der Waals surface area contributed by atoms with Crippen molar-refractivity contribution in [1.82, 2.24) is 14.7 Å². The van der Waals surface area contributed by atoms with Crippen molar-refractivity contribution in [2.45, 2.75) is 57.4 Å². The van der Waals surface area contributed by atoms with Crippen LogP contribution in [0.4, 0.5) is 36.8 Å². The van der Waals surface area contributed by atoms with Gasteiger partial charge in [0, 0.05) is 75.8 Å². The van der Waals surface area contributed by atoms with E-state index in [1.165, 1.54) is 18.9 Å². The molecule has 0 aliphatic carbocycles. The lowest BCUT2D eigenvalue weighted by Gasteiger charge is -2.45. The molecule has 2 aromatic rings. The fourth-order valence-corrected chi connectivity index (χ4v) is 6.27. The molecule has 0 aromatic heterocycles. The number of urea groups is 1. The van der Waals surface area contributed by atoms with E-state index in [4.69, 9.17) is 11.6 Å². The molecule has 2 aliphatic rings. The highest BCUT2D eigenvalue weighted by molar-refractivity contribution is 6.31. The van der Waals surface area contributed by atoms with Crippen molar-refractivity contribution < 1.29 is 40.7 Å². The lowest BCUT2D eigenvalue weighted by Crippen LogP contribution is -2.55. The number of rotatable bonds is 4. The number of piperidine rings is 2. The number of likely N-dealkylation sites (N-methyl/N-ethyl adjacent to an activating group) is 1. The maximum Gasteiger partial charge on any atom is 0.416 e. The number of hydrogen-bond acceptors (Lipinski definition) is 3. The molecule has 2 aliphatic heterocycles. The van der Waals surface area contributed by atoms with Crippen LogP contribution < -0.4 is 4.90 Å². The zero-order chi connectivity index (χ0) is 33.4. The molecule has 0 radical (unpaired) electrons. The lowest BCUT2D eigenvalue weighted by atomic mass is 9.83. The van der Waals surface area contributed by atoms with E-state index >= 15 is 0 Å². The molecule has 246 valence electrons. The topological polar surface area (TPSA) is 64.2 Å². The second-order valence-corrected chi connectivity index (χ2v) is 12.2. The average molecular weight is 661 g/mol. The summed E-state index contributed by atoms with van der Waals surface area (Å²) in [5.74, 6) is -0.788. The summed E-state index contributed by atoms with van der Waals surface area (Å²) in [6.07, 6.45) is -8.75. The van der Waals surface area contributed by atoms with E-state index < -0.39 is 47.2 Å². The smallest absolute Gasteiger partial charge is 0.343 e. The summed E-state index contributed by atoms with van der Waals surface area (Å²) in [6, 6.07) is 5.04. The van der Waals surface area contributed by atoms with Crippen molar-refractivity contribution in [2.24, 2.45) is 5.92 Å². The molecule has 2 heterocycles. The summed E-state index contributed by atoms with van der Waals surface area (Å²) in [5.41, 5.74) is -2.05. The van der Waals surface area contributed by atoms with Crippen molar-refractivity contribution in [2.75, 3.05) is 45.2 Å². The number of likely N-dealkylation sites (tertiary alicyclic amines) is 2. The Kier molecular flexibility index (Phi) is 10.0. The van der Waals surface area contributed by atoms with Crippen LogP contribution in [-0.2, 0) is 21.9 Å². The number of carbonyl (C=O) groups excluding carboxylic acids is 3. The van der Waals surface area contributed by atoms with Crippen LogP contribution in [0.25, 0.3) is 0 Å². The summed E-state index contributed by atoms with van der Waals surface area (Å²) in [6.45, 7) is 4.80. The van der Waals surface area contributed by atoms with Gasteiger partial charge in [-0.15, -0.1) is 0 Å². The number of alkyl halides is 6. The van der Waals surface area contributed by atoms with E-state index in [1.54, 1.807) is 21.9 Å². The zero-order valence-electron chi connectivity index (χ0n) is 25.3. The third kappa shape index (κ3) is 7.67. The fourth-order valence-electron chi connectivity index (χ4n) is 6.15. The van der Waals surface area contributed by atoms with Gasteiger partial charge in [0.1, 0.15) is 0 Å². The molecule has 4 rings (SSSR count). The summed E-state index contributed by atoms with van der Waals surface area (Å²) in [5, 5.41) is 0.519. The summed E-state index contributed by atoms with van der Waals surface area (Å²) in [7, 11) is 2.58. The van der Waals surface area contributed by atoms with Gasteiger partial charge in [-0.25, -0.2) is 4.79 Å². The van der Waals surface area contributed by atoms with Gasteiger partial charge in [0.15, 0.2) is 0 Å². The van der Waals surface area contributed by atoms with Gasteiger partial charge < -0.3 is 14.7 Å². The molecule has 14 heteroatoms. The van der Waals surface area contributed by atoms with Crippen LogP contribution >= 0.6 is 11.6 Å². The number of carbonyl (C=O) groups is 3. The molecule has 45 heavy (non-hydrogen) atoms. The third-order valence-corrected chi connectivity index (χ3v) is 9.26. The maximum atomic E-state index is 13.7. The number of halogens is 7.